The molecule has 0 fully saturated rings. The first-order valence-electron chi connectivity index (χ1n) is 11.8. The average molecular weight is 581 g/mol. The lowest BCUT2D eigenvalue weighted by atomic mass is 10.1. The van der Waals surface area contributed by atoms with E-state index in [-0.39, 0.29) is 48.0 Å². The summed E-state index contributed by atoms with van der Waals surface area (Å²) in [6.45, 7) is 0.0590. The zero-order chi connectivity index (χ0) is 29.9. The predicted molar refractivity (Wildman–Crippen MR) is 131 cm³/mol. The van der Waals surface area contributed by atoms with Gasteiger partial charge in [-0.3, -0.25) is 9.59 Å². The molecule has 0 spiro atoms. The zero-order valence-corrected chi connectivity index (χ0v) is 20.6. The third-order valence-corrected chi connectivity index (χ3v) is 6.07. The Labute approximate surface area is 225 Å². The molecule has 0 saturated carbocycles. The van der Waals surface area contributed by atoms with Gasteiger partial charge in [0.2, 0.25) is 0 Å². The monoisotopic (exact) mass is 581 g/mol. The van der Waals surface area contributed by atoms with Crippen molar-refractivity contribution in [3.63, 3.8) is 0 Å². The maximum Gasteiger partial charge on any atom is 0.423 e. The van der Waals surface area contributed by atoms with Crippen LogP contribution in [0.5, 0.6) is 0 Å². The van der Waals surface area contributed by atoms with E-state index < -0.39 is 52.1 Å². The number of nitrogens with one attached hydrogen (secondary N) is 2. The standard InChI is InChI=1S/C25H18F7N7O2/c26-18-9-16-13(8-17(18)21-34-10-14(11-35-21)24(27,28)29)4-7-39(23(16)41)6-1-2-15(3-5-33)37-19-12-36-38-22(40)20(19)25(30,31)32/h4,7-12,15H,1-3,6H2,(H2,37,38,40). The van der Waals surface area contributed by atoms with Gasteiger partial charge in [-0.15, -0.1) is 0 Å². The maximum atomic E-state index is 14.8. The quantitative estimate of drug-likeness (QED) is 0.284. The summed E-state index contributed by atoms with van der Waals surface area (Å²) in [7, 11) is 0. The van der Waals surface area contributed by atoms with Crippen molar-refractivity contribution < 1.29 is 30.7 Å². The Kier molecular flexibility index (Phi) is 8.08. The molecule has 1 unspecified atom stereocenters. The van der Waals surface area contributed by atoms with E-state index in [1.165, 1.54) is 22.9 Å². The van der Waals surface area contributed by atoms with E-state index in [0.717, 1.165) is 12.3 Å². The van der Waals surface area contributed by atoms with Crippen LogP contribution >= 0.6 is 0 Å². The van der Waals surface area contributed by atoms with Crippen LogP contribution in [0.4, 0.5) is 36.4 Å². The van der Waals surface area contributed by atoms with Crippen LogP contribution in [0, 0.1) is 17.1 Å². The smallest absolute Gasteiger partial charge is 0.379 e. The number of benzene rings is 1. The lowest BCUT2D eigenvalue weighted by Crippen LogP contribution is -2.28. The van der Waals surface area contributed by atoms with Crippen LogP contribution in [0.2, 0.25) is 0 Å². The van der Waals surface area contributed by atoms with E-state index in [4.69, 9.17) is 5.26 Å². The largest absolute Gasteiger partial charge is 0.423 e. The second-order valence-electron chi connectivity index (χ2n) is 8.86. The first-order chi connectivity index (χ1) is 19.3. The number of H-pyrrole nitrogens is 1. The summed E-state index contributed by atoms with van der Waals surface area (Å²) in [5.74, 6) is -1.24. The highest BCUT2D eigenvalue weighted by atomic mass is 19.4. The number of alkyl halides is 6. The first kappa shape index (κ1) is 29.2. The molecule has 4 rings (SSSR count). The number of rotatable bonds is 8. The molecular formula is C25H18F7N7O2. The first-order valence-corrected chi connectivity index (χ1v) is 11.8. The average Bonchev–Trinajstić information content (AvgIpc) is 2.89. The number of nitrogens with zero attached hydrogens (tertiary/aromatic N) is 5. The molecule has 0 aliphatic rings. The van der Waals surface area contributed by atoms with Gasteiger partial charge in [0.15, 0.2) is 5.82 Å². The second-order valence-corrected chi connectivity index (χ2v) is 8.86. The number of hydrogen-bond acceptors (Lipinski definition) is 7. The van der Waals surface area contributed by atoms with Crippen LogP contribution in [-0.4, -0.2) is 30.8 Å². The van der Waals surface area contributed by atoms with Crippen LogP contribution in [0.25, 0.3) is 22.2 Å². The number of fused-ring (bicyclic) bond motifs is 1. The molecule has 0 bridgehead atoms. The van der Waals surface area contributed by atoms with Crippen molar-refractivity contribution in [2.45, 2.75) is 44.2 Å². The van der Waals surface area contributed by atoms with Crippen molar-refractivity contribution in [2.75, 3.05) is 5.32 Å². The van der Waals surface area contributed by atoms with Crippen molar-refractivity contribution in [1.82, 2.24) is 24.7 Å². The summed E-state index contributed by atoms with van der Waals surface area (Å²) < 4.78 is 94.4. The number of aryl methyl sites for hydroxylation is 1. The number of aromatic amines is 1. The molecule has 0 saturated heterocycles. The number of pyridine rings is 1. The third-order valence-electron chi connectivity index (χ3n) is 6.07. The molecule has 3 heterocycles. The van der Waals surface area contributed by atoms with Gasteiger partial charge in [-0.25, -0.2) is 19.5 Å². The second kappa shape index (κ2) is 11.4. The van der Waals surface area contributed by atoms with Crippen molar-refractivity contribution in [3.8, 4) is 17.5 Å². The molecule has 16 heteroatoms. The number of aromatic nitrogens is 5. The SMILES string of the molecule is N#CCC(CCCn1ccc2cc(-c3ncc(C(F)(F)F)cn3)c(F)cc2c1=O)Nc1cn[nH]c(=O)c1C(F)(F)F. The molecular weight excluding hydrogens is 563 g/mol. The van der Waals surface area contributed by atoms with Crippen LogP contribution in [0.15, 0.2) is 52.6 Å². The van der Waals surface area contributed by atoms with Gasteiger partial charge < -0.3 is 9.88 Å². The minimum atomic E-state index is -4.97. The summed E-state index contributed by atoms with van der Waals surface area (Å²) in [5, 5.41) is 17.0. The maximum absolute atomic E-state index is 14.8. The van der Waals surface area contributed by atoms with Gasteiger partial charge in [0.25, 0.3) is 11.1 Å². The Morgan fingerprint density at radius 2 is 1.76 bits per heavy atom. The molecule has 0 aliphatic carbocycles. The Balaban J connectivity index is 1.51. The molecule has 1 atom stereocenters. The topological polar surface area (TPSA) is 129 Å². The molecule has 9 nitrogen and oxygen atoms in total. The van der Waals surface area contributed by atoms with E-state index in [9.17, 15) is 40.3 Å². The van der Waals surface area contributed by atoms with Crippen molar-refractivity contribution in [2.24, 2.45) is 0 Å². The van der Waals surface area contributed by atoms with E-state index >= 15 is 0 Å². The summed E-state index contributed by atoms with van der Waals surface area (Å²) in [6, 6.07) is 4.67. The van der Waals surface area contributed by atoms with Crippen LogP contribution in [-0.2, 0) is 18.9 Å². The van der Waals surface area contributed by atoms with E-state index in [0.29, 0.717) is 12.4 Å². The van der Waals surface area contributed by atoms with Crippen molar-refractivity contribution in [1.29, 1.82) is 5.26 Å². The Morgan fingerprint density at radius 3 is 2.39 bits per heavy atom. The van der Waals surface area contributed by atoms with E-state index in [2.05, 4.69) is 20.4 Å². The van der Waals surface area contributed by atoms with Gasteiger partial charge in [0.1, 0.15) is 11.4 Å². The molecule has 3 aromatic heterocycles. The number of hydrogen-bond donors (Lipinski definition) is 2. The molecule has 214 valence electrons. The van der Waals surface area contributed by atoms with Gasteiger partial charge in [-0.05, 0) is 36.4 Å². The highest BCUT2D eigenvalue weighted by Crippen LogP contribution is 2.32. The fourth-order valence-electron chi connectivity index (χ4n) is 4.12. The molecule has 4 aromatic rings. The molecule has 0 amide bonds. The minimum absolute atomic E-state index is 0.0308. The molecule has 0 radical (unpaired) electrons. The van der Waals surface area contributed by atoms with Gasteiger partial charge in [-0.1, -0.05) is 0 Å². The van der Waals surface area contributed by atoms with Crippen LogP contribution in [0.1, 0.15) is 30.4 Å². The predicted octanol–water partition coefficient (Wildman–Crippen LogP) is 4.89. The normalized spacial score (nSPS) is 12.7. The van der Waals surface area contributed by atoms with Gasteiger partial charge in [-0.2, -0.15) is 36.7 Å². The molecule has 0 aliphatic heterocycles. The Hall–Kier alpha value is -4.81. The highest BCUT2D eigenvalue weighted by Gasteiger charge is 2.37. The Morgan fingerprint density at radius 1 is 1.05 bits per heavy atom. The van der Waals surface area contributed by atoms with Crippen molar-refractivity contribution in [3.05, 3.63) is 80.6 Å². The number of halogens is 7. The lowest BCUT2D eigenvalue weighted by Gasteiger charge is -2.20. The lowest BCUT2D eigenvalue weighted by molar-refractivity contribution is -0.139. The number of anilines is 1. The van der Waals surface area contributed by atoms with E-state index in [1.807, 2.05) is 6.07 Å². The number of nitriles is 1. The molecule has 41 heavy (non-hydrogen) atoms. The van der Waals surface area contributed by atoms with Crippen LogP contribution in [0.3, 0.4) is 0 Å². The summed E-state index contributed by atoms with van der Waals surface area (Å²) in [6.07, 6.45) is -6.28. The van der Waals surface area contributed by atoms with Crippen LogP contribution < -0.4 is 16.4 Å². The van der Waals surface area contributed by atoms with Gasteiger partial charge in [0.05, 0.1) is 40.9 Å². The van der Waals surface area contributed by atoms with Gasteiger partial charge >= 0.3 is 12.4 Å². The molecule has 1 aromatic carbocycles. The van der Waals surface area contributed by atoms with Crippen molar-refractivity contribution >= 4 is 16.5 Å². The van der Waals surface area contributed by atoms with E-state index in [1.54, 1.807) is 5.10 Å². The highest BCUT2D eigenvalue weighted by molar-refractivity contribution is 5.86. The van der Waals surface area contributed by atoms with Gasteiger partial charge in [0, 0.05) is 31.2 Å². The Bertz CT molecular complexity index is 1720. The minimum Gasteiger partial charge on any atom is -0.379 e. The third kappa shape index (κ3) is 6.51. The molecule has 2 N–H and O–H groups in total. The zero-order valence-electron chi connectivity index (χ0n) is 20.6. The fraction of sp³-hybridized carbons (Fsp3) is 0.280. The summed E-state index contributed by atoms with van der Waals surface area (Å²) in [5.41, 5.74) is -5.42. The fourth-order valence-corrected chi connectivity index (χ4v) is 4.12. The summed E-state index contributed by atoms with van der Waals surface area (Å²) >= 11 is 0. The summed E-state index contributed by atoms with van der Waals surface area (Å²) in [4.78, 5) is 31.8.